The maximum atomic E-state index is 3.32. The molecule has 2 fully saturated rings. The molecule has 2 atom stereocenters. The molecule has 0 aromatic heterocycles. The van der Waals surface area contributed by atoms with E-state index in [-0.39, 0.29) is 0 Å². The molecule has 1 saturated carbocycles. The molecule has 82 valence electrons. The van der Waals surface area contributed by atoms with Crippen LogP contribution in [0.2, 0.25) is 0 Å². The van der Waals surface area contributed by atoms with Crippen molar-refractivity contribution in [3.63, 3.8) is 0 Å². The molecular formula is C12H24N2. The second kappa shape index (κ2) is 3.82. The van der Waals surface area contributed by atoms with Crippen molar-refractivity contribution in [2.75, 3.05) is 26.7 Å². The standard InChI is InChI=1S/C12H24N2/c1-12(2)6-7-14(9-12)11-5-4-10(11)8-13-3/h10-11,13H,4-9H2,1-3H3. The molecule has 0 aromatic rings. The van der Waals surface area contributed by atoms with Crippen molar-refractivity contribution in [1.29, 1.82) is 0 Å². The van der Waals surface area contributed by atoms with E-state index in [9.17, 15) is 0 Å². The van der Waals surface area contributed by atoms with Gasteiger partial charge in [0.25, 0.3) is 0 Å². The minimum Gasteiger partial charge on any atom is -0.319 e. The summed E-state index contributed by atoms with van der Waals surface area (Å²) < 4.78 is 0. The van der Waals surface area contributed by atoms with E-state index in [1.54, 1.807) is 0 Å². The molecule has 2 aliphatic rings. The fourth-order valence-corrected chi connectivity index (χ4v) is 2.97. The predicted molar refractivity (Wildman–Crippen MR) is 60.4 cm³/mol. The largest absolute Gasteiger partial charge is 0.319 e. The maximum Gasteiger partial charge on any atom is 0.0136 e. The Hall–Kier alpha value is -0.0800. The summed E-state index contributed by atoms with van der Waals surface area (Å²) in [6.45, 7) is 8.66. The van der Waals surface area contributed by atoms with Crippen molar-refractivity contribution >= 4 is 0 Å². The Labute approximate surface area is 88.1 Å². The van der Waals surface area contributed by atoms with Crippen LogP contribution in [0.3, 0.4) is 0 Å². The first-order chi connectivity index (χ1) is 6.62. The monoisotopic (exact) mass is 196 g/mol. The van der Waals surface area contributed by atoms with E-state index in [1.807, 2.05) is 0 Å². The SMILES string of the molecule is CNCC1CCC1N1CCC(C)(C)C1. The normalized spacial score (nSPS) is 37.1. The Kier molecular flexibility index (Phi) is 2.85. The van der Waals surface area contributed by atoms with E-state index in [0.29, 0.717) is 5.41 Å². The summed E-state index contributed by atoms with van der Waals surface area (Å²) in [5.74, 6) is 0.925. The van der Waals surface area contributed by atoms with Crippen LogP contribution in [0.5, 0.6) is 0 Å². The lowest BCUT2D eigenvalue weighted by atomic mass is 9.78. The number of hydrogen-bond donors (Lipinski definition) is 1. The molecule has 0 spiro atoms. The topological polar surface area (TPSA) is 15.3 Å². The zero-order chi connectivity index (χ0) is 10.2. The summed E-state index contributed by atoms with van der Waals surface area (Å²) in [6, 6.07) is 0.893. The number of likely N-dealkylation sites (tertiary alicyclic amines) is 1. The van der Waals surface area contributed by atoms with Crippen LogP contribution >= 0.6 is 0 Å². The fraction of sp³-hybridized carbons (Fsp3) is 1.00. The van der Waals surface area contributed by atoms with Gasteiger partial charge in [0.15, 0.2) is 0 Å². The highest BCUT2D eigenvalue weighted by molar-refractivity contribution is 4.95. The van der Waals surface area contributed by atoms with E-state index in [4.69, 9.17) is 0 Å². The molecule has 1 saturated heterocycles. The quantitative estimate of drug-likeness (QED) is 0.739. The van der Waals surface area contributed by atoms with E-state index in [1.165, 1.54) is 38.9 Å². The third-order valence-electron chi connectivity index (χ3n) is 4.02. The smallest absolute Gasteiger partial charge is 0.0136 e. The maximum absolute atomic E-state index is 3.32. The lowest BCUT2D eigenvalue weighted by molar-refractivity contribution is 0.0754. The predicted octanol–water partition coefficient (Wildman–Crippen LogP) is 1.72. The zero-order valence-corrected chi connectivity index (χ0v) is 9.84. The van der Waals surface area contributed by atoms with E-state index >= 15 is 0 Å². The van der Waals surface area contributed by atoms with Crippen molar-refractivity contribution in [3.05, 3.63) is 0 Å². The van der Waals surface area contributed by atoms with E-state index in [0.717, 1.165) is 12.0 Å². The van der Waals surface area contributed by atoms with Gasteiger partial charge in [-0.3, -0.25) is 4.90 Å². The van der Waals surface area contributed by atoms with Gasteiger partial charge < -0.3 is 5.32 Å². The third kappa shape index (κ3) is 1.96. The Morgan fingerprint density at radius 3 is 2.57 bits per heavy atom. The van der Waals surface area contributed by atoms with Gasteiger partial charge in [-0.05, 0) is 50.7 Å². The van der Waals surface area contributed by atoms with Crippen molar-refractivity contribution in [1.82, 2.24) is 10.2 Å². The first kappa shape index (κ1) is 10.4. The molecule has 0 aromatic carbocycles. The van der Waals surface area contributed by atoms with Crippen LogP contribution < -0.4 is 5.32 Å². The summed E-state index contributed by atoms with van der Waals surface area (Å²) >= 11 is 0. The summed E-state index contributed by atoms with van der Waals surface area (Å²) in [4.78, 5) is 2.73. The van der Waals surface area contributed by atoms with Gasteiger partial charge in [-0.1, -0.05) is 13.8 Å². The Morgan fingerprint density at radius 1 is 1.36 bits per heavy atom. The highest BCUT2D eigenvalue weighted by Crippen LogP contribution is 2.38. The zero-order valence-electron chi connectivity index (χ0n) is 9.84. The fourth-order valence-electron chi connectivity index (χ4n) is 2.97. The molecule has 2 unspecified atom stereocenters. The second-order valence-corrected chi connectivity index (χ2v) is 5.85. The number of nitrogens with zero attached hydrogens (tertiary/aromatic N) is 1. The Morgan fingerprint density at radius 2 is 2.14 bits per heavy atom. The highest BCUT2D eigenvalue weighted by atomic mass is 15.2. The van der Waals surface area contributed by atoms with Crippen LogP contribution in [0.15, 0.2) is 0 Å². The number of rotatable bonds is 3. The van der Waals surface area contributed by atoms with Gasteiger partial charge in [-0.25, -0.2) is 0 Å². The van der Waals surface area contributed by atoms with Crippen molar-refractivity contribution < 1.29 is 0 Å². The summed E-state index contributed by atoms with van der Waals surface area (Å²) in [5, 5.41) is 3.32. The average Bonchev–Trinajstić information content (AvgIpc) is 2.40. The minimum atomic E-state index is 0.569. The molecule has 0 radical (unpaired) electrons. The first-order valence-corrected chi connectivity index (χ1v) is 6.01. The molecule has 1 aliphatic carbocycles. The molecule has 2 heteroatoms. The minimum absolute atomic E-state index is 0.569. The average molecular weight is 196 g/mol. The van der Waals surface area contributed by atoms with Crippen LogP contribution in [-0.4, -0.2) is 37.6 Å². The van der Waals surface area contributed by atoms with Gasteiger partial charge in [0.1, 0.15) is 0 Å². The first-order valence-electron chi connectivity index (χ1n) is 6.01. The van der Waals surface area contributed by atoms with Crippen LogP contribution in [0, 0.1) is 11.3 Å². The van der Waals surface area contributed by atoms with Gasteiger partial charge >= 0.3 is 0 Å². The molecule has 1 N–H and O–H groups in total. The van der Waals surface area contributed by atoms with Crippen LogP contribution in [0.4, 0.5) is 0 Å². The second-order valence-electron chi connectivity index (χ2n) is 5.85. The van der Waals surface area contributed by atoms with Gasteiger partial charge in [0.05, 0.1) is 0 Å². The van der Waals surface area contributed by atoms with Gasteiger partial charge in [-0.15, -0.1) is 0 Å². The third-order valence-corrected chi connectivity index (χ3v) is 4.02. The van der Waals surface area contributed by atoms with Crippen LogP contribution in [0.1, 0.15) is 33.1 Å². The molecule has 1 heterocycles. The number of nitrogens with one attached hydrogen (secondary N) is 1. The summed E-state index contributed by atoms with van der Waals surface area (Å²) in [7, 11) is 2.07. The van der Waals surface area contributed by atoms with E-state index in [2.05, 4.69) is 31.1 Å². The van der Waals surface area contributed by atoms with Crippen LogP contribution in [-0.2, 0) is 0 Å². The Balaban J connectivity index is 1.85. The Bertz CT molecular complexity index is 200. The van der Waals surface area contributed by atoms with Crippen molar-refractivity contribution in [3.8, 4) is 0 Å². The lowest BCUT2D eigenvalue weighted by Crippen LogP contribution is -2.49. The van der Waals surface area contributed by atoms with E-state index < -0.39 is 0 Å². The van der Waals surface area contributed by atoms with Gasteiger partial charge in [0.2, 0.25) is 0 Å². The molecular weight excluding hydrogens is 172 g/mol. The van der Waals surface area contributed by atoms with Crippen molar-refractivity contribution in [2.45, 2.75) is 39.2 Å². The molecule has 2 nitrogen and oxygen atoms in total. The summed E-state index contributed by atoms with van der Waals surface area (Å²) in [6.07, 6.45) is 4.25. The van der Waals surface area contributed by atoms with Crippen LogP contribution in [0.25, 0.3) is 0 Å². The highest BCUT2D eigenvalue weighted by Gasteiger charge is 2.40. The number of hydrogen-bond acceptors (Lipinski definition) is 2. The lowest BCUT2D eigenvalue weighted by Gasteiger charge is -2.43. The van der Waals surface area contributed by atoms with Gasteiger partial charge in [-0.2, -0.15) is 0 Å². The molecule has 0 amide bonds. The molecule has 2 rings (SSSR count). The van der Waals surface area contributed by atoms with Gasteiger partial charge in [0, 0.05) is 12.6 Å². The summed E-state index contributed by atoms with van der Waals surface area (Å²) in [5.41, 5.74) is 0.569. The molecule has 14 heavy (non-hydrogen) atoms. The molecule has 0 bridgehead atoms. The van der Waals surface area contributed by atoms with Crippen molar-refractivity contribution in [2.24, 2.45) is 11.3 Å². The molecule has 1 aliphatic heterocycles.